The molecule has 1 aromatic carbocycles. The highest BCUT2D eigenvalue weighted by atomic mass is 19.4. The lowest BCUT2D eigenvalue weighted by Gasteiger charge is -2.23. The smallest absolute Gasteiger partial charge is 0.338 e. The number of alkyl halides is 3. The number of allylic oxidation sites excluding steroid dienone is 1. The van der Waals surface area contributed by atoms with Gasteiger partial charge in [0.15, 0.2) is 11.6 Å². The van der Waals surface area contributed by atoms with Gasteiger partial charge in [0, 0.05) is 43.0 Å². The molecular weight excluding hydrogens is 518 g/mol. The summed E-state index contributed by atoms with van der Waals surface area (Å²) in [6.45, 7) is 3.60. The van der Waals surface area contributed by atoms with Crippen LogP contribution in [-0.4, -0.2) is 38.9 Å². The summed E-state index contributed by atoms with van der Waals surface area (Å²) in [4.78, 5) is 23.1. The molecule has 2 fully saturated rings. The fraction of sp³-hybridized carbons (Fsp3) is 0.519. The van der Waals surface area contributed by atoms with Gasteiger partial charge in [0.1, 0.15) is 5.41 Å². The third-order valence-electron chi connectivity index (χ3n) is 7.15. The van der Waals surface area contributed by atoms with Crippen molar-refractivity contribution >= 4 is 11.6 Å². The minimum absolute atomic E-state index is 0.0292. The van der Waals surface area contributed by atoms with Gasteiger partial charge in [-0.25, -0.2) is 4.39 Å². The van der Waals surface area contributed by atoms with Crippen molar-refractivity contribution in [3.8, 4) is 11.5 Å². The maximum absolute atomic E-state index is 13.3. The number of rotatable bonds is 13. The van der Waals surface area contributed by atoms with E-state index in [1.165, 1.54) is 0 Å². The van der Waals surface area contributed by atoms with E-state index < -0.39 is 17.4 Å². The number of hydrogen-bond acceptors (Lipinski definition) is 7. The number of benzene rings is 1. The molecule has 8 nitrogen and oxygen atoms in total. The summed E-state index contributed by atoms with van der Waals surface area (Å²) in [6.07, 6.45) is -0.232. The predicted octanol–water partition coefficient (Wildman–Crippen LogP) is 6.60. The molecule has 0 bridgehead atoms. The van der Waals surface area contributed by atoms with Crippen molar-refractivity contribution < 1.29 is 31.4 Å². The van der Waals surface area contributed by atoms with Gasteiger partial charge in [-0.2, -0.15) is 23.1 Å². The molecule has 1 amide bonds. The van der Waals surface area contributed by atoms with Crippen LogP contribution in [0.4, 0.5) is 23.2 Å². The number of carbonyl (C=O) groups is 1. The minimum Gasteiger partial charge on any atom is -0.338 e. The Hall–Kier alpha value is -3.57. The fourth-order valence-electron chi connectivity index (χ4n) is 4.46. The van der Waals surface area contributed by atoms with Crippen molar-refractivity contribution in [1.29, 1.82) is 0 Å². The number of nitrogens with zero attached hydrogens (tertiary/aromatic N) is 5. The molecule has 0 spiro atoms. The molecule has 2 aromatic heterocycles. The van der Waals surface area contributed by atoms with Crippen LogP contribution in [0.25, 0.3) is 11.5 Å². The van der Waals surface area contributed by atoms with E-state index in [0.717, 1.165) is 12.8 Å². The highest BCUT2D eigenvalue weighted by molar-refractivity contribution is 5.94. The number of carbonyl (C=O) groups excluding carboxylic acids is 1. The lowest BCUT2D eigenvalue weighted by atomic mass is 10.1. The van der Waals surface area contributed by atoms with Gasteiger partial charge in [0.25, 0.3) is 5.89 Å². The average molecular weight is 548 g/mol. The number of amides is 1. The Balaban J connectivity index is 1.19. The molecule has 2 aliphatic rings. The SMILES string of the molecule is C=C(F)CCC(=O)N(CCCCCc1noc(C2(C(F)(F)F)CC2)n1)c1cccc(-c2nc(C3CC3)no2)c1. The Kier molecular flexibility index (Phi) is 7.55. The number of aromatic nitrogens is 4. The largest absolute Gasteiger partial charge is 0.403 e. The molecule has 12 heteroatoms. The molecule has 0 saturated heterocycles. The lowest BCUT2D eigenvalue weighted by Crippen LogP contribution is -2.31. The Morgan fingerprint density at radius 1 is 1.08 bits per heavy atom. The summed E-state index contributed by atoms with van der Waals surface area (Å²) in [5, 5.41) is 7.77. The molecule has 3 aromatic rings. The Bertz CT molecular complexity index is 1330. The van der Waals surface area contributed by atoms with Crippen LogP contribution in [-0.2, 0) is 16.6 Å². The maximum Gasteiger partial charge on any atom is 0.403 e. The van der Waals surface area contributed by atoms with Gasteiger partial charge in [-0.05, 0) is 56.7 Å². The van der Waals surface area contributed by atoms with E-state index in [-0.39, 0.29) is 43.3 Å². The van der Waals surface area contributed by atoms with Crippen LogP contribution in [0.5, 0.6) is 0 Å². The average Bonchev–Trinajstić information content (AvgIpc) is 3.82. The molecule has 208 valence electrons. The van der Waals surface area contributed by atoms with Gasteiger partial charge in [0.05, 0.1) is 5.83 Å². The summed E-state index contributed by atoms with van der Waals surface area (Å²) in [6, 6.07) is 7.20. The van der Waals surface area contributed by atoms with Crippen molar-refractivity contribution in [1.82, 2.24) is 20.3 Å². The van der Waals surface area contributed by atoms with Crippen LogP contribution in [0.2, 0.25) is 0 Å². The zero-order valence-electron chi connectivity index (χ0n) is 21.3. The first-order chi connectivity index (χ1) is 18.7. The van der Waals surface area contributed by atoms with Crippen molar-refractivity contribution in [2.75, 3.05) is 11.4 Å². The van der Waals surface area contributed by atoms with E-state index in [9.17, 15) is 22.4 Å². The van der Waals surface area contributed by atoms with Crippen LogP contribution in [0.1, 0.15) is 81.2 Å². The van der Waals surface area contributed by atoms with Crippen molar-refractivity contribution in [3.05, 3.63) is 54.2 Å². The van der Waals surface area contributed by atoms with Gasteiger partial charge in [-0.1, -0.05) is 29.4 Å². The second kappa shape index (κ2) is 10.9. The van der Waals surface area contributed by atoms with Crippen LogP contribution < -0.4 is 4.90 Å². The summed E-state index contributed by atoms with van der Waals surface area (Å²) in [5.41, 5.74) is -0.683. The van der Waals surface area contributed by atoms with E-state index in [1.807, 2.05) is 6.07 Å². The van der Waals surface area contributed by atoms with Crippen molar-refractivity contribution in [2.45, 2.75) is 81.7 Å². The fourth-order valence-corrected chi connectivity index (χ4v) is 4.46. The number of anilines is 1. The topological polar surface area (TPSA) is 98.2 Å². The zero-order chi connectivity index (χ0) is 27.6. The summed E-state index contributed by atoms with van der Waals surface area (Å²) in [7, 11) is 0. The standard InChI is InChI=1S/C27H29F4N5O3/c1-17(28)9-12-22(37)36(20-7-5-6-19(16-20)24-33-23(35-38-24)18-10-11-18)15-4-2-3-8-21-32-25(39-34-21)26(13-14-26)27(29,30)31/h5-7,16,18H,1-4,8-15H2. The molecular formula is C27H29F4N5O3. The molecule has 39 heavy (non-hydrogen) atoms. The van der Waals surface area contributed by atoms with E-state index >= 15 is 0 Å². The highest BCUT2D eigenvalue weighted by Gasteiger charge is 2.68. The molecule has 0 aliphatic heterocycles. The third-order valence-corrected chi connectivity index (χ3v) is 7.15. The van der Waals surface area contributed by atoms with E-state index in [2.05, 4.69) is 26.9 Å². The summed E-state index contributed by atoms with van der Waals surface area (Å²) in [5.74, 6) is 0.476. The van der Waals surface area contributed by atoms with Gasteiger partial charge < -0.3 is 13.9 Å². The van der Waals surface area contributed by atoms with Gasteiger partial charge >= 0.3 is 6.18 Å². The number of aryl methyl sites for hydroxylation is 1. The first kappa shape index (κ1) is 27.0. The highest BCUT2D eigenvalue weighted by Crippen LogP contribution is 2.58. The Labute approximate surface area is 222 Å². The Morgan fingerprint density at radius 3 is 2.56 bits per heavy atom. The predicted molar refractivity (Wildman–Crippen MR) is 132 cm³/mol. The normalized spacial score (nSPS) is 16.3. The van der Waals surface area contributed by atoms with E-state index in [4.69, 9.17) is 9.05 Å². The third kappa shape index (κ3) is 6.20. The number of hydrogen-bond donors (Lipinski definition) is 0. The van der Waals surface area contributed by atoms with Gasteiger partial charge in [0.2, 0.25) is 11.8 Å². The van der Waals surface area contributed by atoms with Crippen molar-refractivity contribution in [3.63, 3.8) is 0 Å². The summed E-state index contributed by atoms with van der Waals surface area (Å²) >= 11 is 0. The molecule has 0 N–H and O–H groups in total. The molecule has 5 rings (SSSR count). The first-order valence-corrected chi connectivity index (χ1v) is 13.1. The van der Waals surface area contributed by atoms with Gasteiger partial charge in [-0.15, -0.1) is 0 Å². The number of unbranched alkanes of at least 4 members (excludes halogenated alkanes) is 2. The first-order valence-electron chi connectivity index (χ1n) is 13.1. The second-order valence-corrected chi connectivity index (χ2v) is 10.3. The molecule has 0 radical (unpaired) electrons. The minimum atomic E-state index is -4.40. The van der Waals surface area contributed by atoms with Crippen LogP contribution in [0, 0.1) is 0 Å². The van der Waals surface area contributed by atoms with Crippen LogP contribution in [0.3, 0.4) is 0 Å². The molecule has 2 saturated carbocycles. The molecule has 0 atom stereocenters. The molecule has 2 aliphatic carbocycles. The second-order valence-electron chi connectivity index (χ2n) is 10.3. The van der Waals surface area contributed by atoms with Gasteiger partial charge in [-0.3, -0.25) is 4.79 Å². The van der Waals surface area contributed by atoms with E-state index in [0.29, 0.717) is 61.1 Å². The van der Waals surface area contributed by atoms with Crippen LogP contribution >= 0.6 is 0 Å². The Morgan fingerprint density at radius 2 is 1.87 bits per heavy atom. The van der Waals surface area contributed by atoms with Crippen LogP contribution in [0.15, 0.2) is 45.7 Å². The maximum atomic E-state index is 13.3. The van der Waals surface area contributed by atoms with E-state index in [1.54, 1.807) is 23.1 Å². The lowest BCUT2D eigenvalue weighted by molar-refractivity contribution is -0.166. The monoisotopic (exact) mass is 547 g/mol. The molecule has 0 unspecified atom stereocenters. The number of halogens is 4. The van der Waals surface area contributed by atoms with Crippen molar-refractivity contribution in [2.24, 2.45) is 0 Å². The quantitative estimate of drug-likeness (QED) is 0.176. The summed E-state index contributed by atoms with van der Waals surface area (Å²) < 4.78 is 63.5. The molecule has 2 heterocycles. The zero-order valence-corrected chi connectivity index (χ0v) is 21.3.